The number of hydrogen-bond donors (Lipinski definition) is 1. The molecule has 2 aromatic carbocycles. The smallest absolute Gasteiger partial charge is 0.255 e. The summed E-state index contributed by atoms with van der Waals surface area (Å²) in [6, 6.07) is 19.5. The number of aryl methyl sites for hydroxylation is 2. The van der Waals surface area contributed by atoms with Crippen LogP contribution in [0.5, 0.6) is 17.4 Å². The molecule has 1 saturated carbocycles. The van der Waals surface area contributed by atoms with Gasteiger partial charge in [-0.2, -0.15) is 0 Å². The number of pyridine rings is 2. The van der Waals surface area contributed by atoms with Gasteiger partial charge in [-0.05, 0) is 97.3 Å². The Morgan fingerprint density at radius 2 is 1.79 bits per heavy atom. The zero-order chi connectivity index (χ0) is 27.2. The maximum atomic E-state index is 13.4. The molecule has 5 rings (SSSR count). The van der Waals surface area contributed by atoms with E-state index in [0.717, 1.165) is 28.8 Å². The van der Waals surface area contributed by atoms with Crippen molar-refractivity contribution in [2.75, 3.05) is 12.4 Å². The number of nitrogens with zero attached hydrogens (tertiary/aromatic N) is 2. The number of hydrogen-bond acceptors (Lipinski definition) is 5. The van der Waals surface area contributed by atoms with E-state index in [-0.39, 0.29) is 5.91 Å². The van der Waals surface area contributed by atoms with Gasteiger partial charge in [0.1, 0.15) is 11.5 Å². The molecule has 0 aliphatic heterocycles. The third kappa shape index (κ3) is 6.11. The fourth-order valence-corrected chi connectivity index (χ4v) is 5.19. The summed E-state index contributed by atoms with van der Waals surface area (Å²) in [7, 11) is 1.62. The van der Waals surface area contributed by atoms with Gasteiger partial charge in [-0.3, -0.25) is 9.78 Å². The highest BCUT2D eigenvalue weighted by molar-refractivity contribution is 6.05. The van der Waals surface area contributed by atoms with Crippen molar-refractivity contribution in [3.8, 4) is 28.5 Å². The number of carbonyl (C=O) groups is 1. The zero-order valence-corrected chi connectivity index (χ0v) is 22.9. The van der Waals surface area contributed by atoms with E-state index in [1.54, 1.807) is 25.6 Å². The average molecular weight is 522 g/mol. The van der Waals surface area contributed by atoms with Crippen LogP contribution in [-0.2, 0) is 6.42 Å². The van der Waals surface area contributed by atoms with Crippen molar-refractivity contribution in [3.63, 3.8) is 0 Å². The highest BCUT2D eigenvalue weighted by atomic mass is 16.5. The fraction of sp³-hybridized carbons (Fsp3) is 0.303. The number of amides is 1. The molecule has 1 aliphatic carbocycles. The van der Waals surface area contributed by atoms with Crippen LogP contribution in [0.2, 0.25) is 0 Å². The van der Waals surface area contributed by atoms with E-state index in [1.807, 2.05) is 43.3 Å². The van der Waals surface area contributed by atoms with Crippen LogP contribution in [0.3, 0.4) is 0 Å². The average Bonchev–Trinajstić information content (AvgIpc) is 2.99. The lowest BCUT2D eigenvalue weighted by molar-refractivity contribution is 0.102. The third-order valence-corrected chi connectivity index (χ3v) is 7.47. The predicted molar refractivity (Wildman–Crippen MR) is 155 cm³/mol. The molecule has 2 heterocycles. The molecular formula is C33H35N3O3. The zero-order valence-electron chi connectivity index (χ0n) is 22.9. The summed E-state index contributed by atoms with van der Waals surface area (Å²) in [6.45, 7) is 4.03. The van der Waals surface area contributed by atoms with E-state index in [2.05, 4.69) is 40.4 Å². The van der Waals surface area contributed by atoms with Crippen LogP contribution < -0.4 is 14.8 Å². The van der Waals surface area contributed by atoms with Crippen LogP contribution in [-0.4, -0.2) is 23.0 Å². The van der Waals surface area contributed by atoms with Gasteiger partial charge in [0.15, 0.2) is 0 Å². The number of methoxy groups -OCH3 is 1. The maximum Gasteiger partial charge on any atom is 0.255 e. The lowest BCUT2D eigenvalue weighted by Gasteiger charge is -2.23. The molecule has 0 radical (unpaired) electrons. The second kappa shape index (κ2) is 12.1. The van der Waals surface area contributed by atoms with E-state index in [4.69, 9.17) is 9.47 Å². The third-order valence-electron chi connectivity index (χ3n) is 7.47. The van der Waals surface area contributed by atoms with Gasteiger partial charge in [0.25, 0.3) is 5.91 Å². The summed E-state index contributed by atoms with van der Waals surface area (Å²) in [4.78, 5) is 22.3. The number of aromatic nitrogens is 2. The predicted octanol–water partition coefficient (Wildman–Crippen LogP) is 8.12. The van der Waals surface area contributed by atoms with E-state index in [9.17, 15) is 4.79 Å². The lowest BCUT2D eigenvalue weighted by atomic mass is 9.84. The van der Waals surface area contributed by atoms with Gasteiger partial charge in [0, 0.05) is 29.2 Å². The molecule has 4 aromatic rings. The van der Waals surface area contributed by atoms with Crippen molar-refractivity contribution in [1.29, 1.82) is 0 Å². The molecular weight excluding hydrogens is 486 g/mol. The molecule has 2 aromatic heterocycles. The summed E-state index contributed by atoms with van der Waals surface area (Å²) in [5.41, 5.74) is 6.20. The lowest BCUT2D eigenvalue weighted by Crippen LogP contribution is -2.14. The van der Waals surface area contributed by atoms with Crippen molar-refractivity contribution in [3.05, 3.63) is 95.4 Å². The van der Waals surface area contributed by atoms with E-state index in [0.29, 0.717) is 34.5 Å². The van der Waals surface area contributed by atoms with Gasteiger partial charge in [0.05, 0.1) is 12.8 Å². The molecule has 1 N–H and O–H groups in total. The molecule has 1 aliphatic rings. The standard InChI is InChI=1S/C33H35N3O3/c1-4-27-19-25(16-18-34-27)28-11-8-17-35-33(28)39-31-21-26(13-12-22(31)2)32(37)36-29-20-24(14-15-30(29)38-3)23-9-6-5-7-10-23/h8,11-21,23H,4-7,9-10H2,1-3H3,(H,36,37). The maximum absolute atomic E-state index is 13.4. The summed E-state index contributed by atoms with van der Waals surface area (Å²) in [6.07, 6.45) is 10.5. The number of nitrogens with one attached hydrogen (secondary N) is 1. The van der Waals surface area contributed by atoms with Crippen molar-refractivity contribution in [2.24, 2.45) is 0 Å². The van der Waals surface area contributed by atoms with Crippen molar-refractivity contribution >= 4 is 11.6 Å². The minimum absolute atomic E-state index is 0.220. The first-order valence-corrected chi connectivity index (χ1v) is 13.7. The van der Waals surface area contributed by atoms with E-state index in [1.165, 1.54) is 37.7 Å². The Morgan fingerprint density at radius 1 is 0.949 bits per heavy atom. The Labute approximate surface area is 230 Å². The normalized spacial score (nSPS) is 13.6. The van der Waals surface area contributed by atoms with Gasteiger partial charge < -0.3 is 14.8 Å². The van der Waals surface area contributed by atoms with E-state index < -0.39 is 0 Å². The summed E-state index contributed by atoms with van der Waals surface area (Å²) in [5, 5.41) is 3.08. The molecule has 0 spiro atoms. The first-order valence-electron chi connectivity index (χ1n) is 13.7. The Balaban J connectivity index is 1.40. The molecule has 1 fully saturated rings. The van der Waals surface area contributed by atoms with Crippen LogP contribution in [0.25, 0.3) is 11.1 Å². The highest BCUT2D eigenvalue weighted by Crippen LogP contribution is 2.37. The van der Waals surface area contributed by atoms with Gasteiger partial charge >= 0.3 is 0 Å². The van der Waals surface area contributed by atoms with Crippen molar-refractivity contribution in [1.82, 2.24) is 9.97 Å². The van der Waals surface area contributed by atoms with Crippen molar-refractivity contribution < 1.29 is 14.3 Å². The Morgan fingerprint density at radius 3 is 2.59 bits per heavy atom. The Kier molecular flexibility index (Phi) is 8.21. The molecule has 0 unspecified atom stereocenters. The number of rotatable bonds is 8. The number of benzene rings is 2. The minimum Gasteiger partial charge on any atom is -0.495 e. The van der Waals surface area contributed by atoms with Gasteiger partial charge in [-0.1, -0.05) is 38.3 Å². The monoisotopic (exact) mass is 521 g/mol. The van der Waals surface area contributed by atoms with Gasteiger partial charge in [-0.25, -0.2) is 4.98 Å². The molecule has 0 atom stereocenters. The SMILES string of the molecule is CCc1cc(-c2cccnc2Oc2cc(C(=O)Nc3cc(C4CCCCC4)ccc3OC)ccc2C)ccn1. The van der Waals surface area contributed by atoms with Gasteiger partial charge in [0.2, 0.25) is 5.88 Å². The summed E-state index contributed by atoms with van der Waals surface area (Å²) < 4.78 is 11.9. The second-order valence-corrected chi connectivity index (χ2v) is 10.1. The minimum atomic E-state index is -0.220. The highest BCUT2D eigenvalue weighted by Gasteiger charge is 2.19. The summed E-state index contributed by atoms with van der Waals surface area (Å²) >= 11 is 0. The van der Waals surface area contributed by atoms with Crippen molar-refractivity contribution in [2.45, 2.75) is 58.3 Å². The molecule has 6 nitrogen and oxygen atoms in total. The first-order chi connectivity index (χ1) is 19.1. The van der Waals surface area contributed by atoms with Crippen LogP contribution >= 0.6 is 0 Å². The summed E-state index contributed by atoms with van der Waals surface area (Å²) in [5.74, 6) is 2.01. The van der Waals surface area contributed by atoms with Crippen LogP contribution in [0.4, 0.5) is 5.69 Å². The van der Waals surface area contributed by atoms with Crippen LogP contribution in [0, 0.1) is 6.92 Å². The first kappa shape index (κ1) is 26.4. The Hall–Kier alpha value is -4.19. The molecule has 200 valence electrons. The molecule has 1 amide bonds. The van der Waals surface area contributed by atoms with Gasteiger partial charge in [-0.15, -0.1) is 0 Å². The number of anilines is 1. The fourth-order valence-electron chi connectivity index (χ4n) is 5.19. The van der Waals surface area contributed by atoms with Crippen LogP contribution in [0.15, 0.2) is 73.1 Å². The van der Waals surface area contributed by atoms with Crippen LogP contribution in [0.1, 0.15) is 72.1 Å². The molecule has 0 bridgehead atoms. The molecule has 0 saturated heterocycles. The second-order valence-electron chi connectivity index (χ2n) is 10.1. The topological polar surface area (TPSA) is 73.3 Å². The quantitative estimate of drug-likeness (QED) is 0.253. The molecule has 39 heavy (non-hydrogen) atoms. The number of carbonyl (C=O) groups excluding carboxylic acids is 1. The Bertz CT molecular complexity index is 1460. The largest absolute Gasteiger partial charge is 0.495 e. The number of ether oxygens (including phenoxy) is 2. The molecule has 6 heteroatoms. The van der Waals surface area contributed by atoms with E-state index >= 15 is 0 Å².